The molecule has 0 spiro atoms. The Bertz CT molecular complexity index is 1960. The first-order chi connectivity index (χ1) is 21.0. The van der Waals surface area contributed by atoms with Crippen LogP contribution >= 0.6 is 15.9 Å². The quantitative estimate of drug-likeness (QED) is 0.152. The van der Waals surface area contributed by atoms with Crippen molar-refractivity contribution in [2.24, 2.45) is 24.8 Å². The fraction of sp³-hybridized carbons (Fsp3) is 0.182. The van der Waals surface area contributed by atoms with Gasteiger partial charge in [0.2, 0.25) is 0 Å². The van der Waals surface area contributed by atoms with E-state index < -0.39 is 5.91 Å². The summed E-state index contributed by atoms with van der Waals surface area (Å²) in [6.07, 6.45) is 4.23. The van der Waals surface area contributed by atoms with Gasteiger partial charge in [0, 0.05) is 40.9 Å². The van der Waals surface area contributed by atoms with E-state index in [2.05, 4.69) is 63.2 Å². The Morgan fingerprint density at radius 2 is 1.73 bits per heavy atom. The molecule has 226 valence electrons. The third kappa shape index (κ3) is 6.88. The highest BCUT2D eigenvalue weighted by molar-refractivity contribution is 9.10. The fourth-order valence-corrected chi connectivity index (χ4v) is 5.22. The van der Waals surface area contributed by atoms with Crippen LogP contribution in [0.5, 0.6) is 0 Å². The minimum Gasteiger partial charge on any atom is -0.381 e. The van der Waals surface area contributed by atoms with E-state index in [0.717, 1.165) is 38.9 Å². The Hall–Kier alpha value is -5.21. The van der Waals surface area contributed by atoms with Crippen LogP contribution in [-0.4, -0.2) is 36.8 Å². The lowest BCUT2D eigenvalue weighted by Crippen LogP contribution is -2.23. The molecule has 0 aliphatic heterocycles. The molecule has 5 rings (SSSR count). The Morgan fingerprint density at radius 1 is 1.09 bits per heavy atom. The summed E-state index contributed by atoms with van der Waals surface area (Å²) in [6.45, 7) is 12.6. The molecule has 0 saturated heterocycles. The van der Waals surface area contributed by atoms with Gasteiger partial charge in [-0.15, -0.1) is 6.58 Å². The van der Waals surface area contributed by atoms with Crippen molar-refractivity contribution < 1.29 is 4.79 Å². The second kappa shape index (κ2) is 14.8. The topological polar surface area (TPSA) is 139 Å². The zero-order valence-electron chi connectivity index (χ0n) is 25.4. The van der Waals surface area contributed by atoms with Gasteiger partial charge < -0.3 is 11.5 Å². The smallest absolute Gasteiger partial charge is 0.264 e. The van der Waals surface area contributed by atoms with E-state index in [1.54, 1.807) is 28.6 Å². The number of benzene rings is 2. The predicted molar refractivity (Wildman–Crippen MR) is 182 cm³/mol. The fourth-order valence-electron chi connectivity index (χ4n) is 4.43. The van der Waals surface area contributed by atoms with Crippen molar-refractivity contribution in [3.05, 3.63) is 110 Å². The van der Waals surface area contributed by atoms with Crippen molar-refractivity contribution in [3.63, 3.8) is 0 Å². The molecular formula is C33H35BrN8O2. The Kier molecular flexibility index (Phi) is 11.2. The molecule has 3 aromatic heterocycles. The van der Waals surface area contributed by atoms with Crippen LogP contribution in [0.15, 0.2) is 81.6 Å². The van der Waals surface area contributed by atoms with E-state index in [0.29, 0.717) is 16.8 Å². The van der Waals surface area contributed by atoms with Gasteiger partial charge in [-0.1, -0.05) is 55.2 Å². The molecule has 2 aromatic carbocycles. The number of aryl methyl sites for hydroxylation is 2. The molecule has 0 fully saturated rings. The predicted octanol–water partition coefficient (Wildman–Crippen LogP) is 5.38. The summed E-state index contributed by atoms with van der Waals surface area (Å²) in [4.78, 5) is 28.0. The molecule has 0 aliphatic carbocycles. The summed E-state index contributed by atoms with van der Waals surface area (Å²) in [5, 5.41) is 9.51. The van der Waals surface area contributed by atoms with Crippen LogP contribution in [0, 0.1) is 18.8 Å². The highest BCUT2D eigenvalue weighted by atomic mass is 79.9. The number of nitrogens with zero attached hydrogens (tertiary/aromatic N) is 6. The zero-order valence-corrected chi connectivity index (χ0v) is 27.0. The molecule has 0 aliphatic rings. The first-order valence-electron chi connectivity index (χ1n) is 13.6. The summed E-state index contributed by atoms with van der Waals surface area (Å²) in [7, 11) is 3.49. The van der Waals surface area contributed by atoms with Crippen LogP contribution in [0.1, 0.15) is 46.7 Å². The van der Waals surface area contributed by atoms with Gasteiger partial charge >= 0.3 is 0 Å². The average Bonchev–Trinajstić information content (AvgIpc) is 3.49. The maximum absolute atomic E-state index is 13.6. The summed E-state index contributed by atoms with van der Waals surface area (Å²) in [5.74, 6) is 6.10. The SMILES string of the molecule is C=CC.C=Nc1c(C(N)=O)c(N)nn1C.CCc1c(Br)c2cccc(C#Cc3cnn(C)c3C)c2c(=O)n1-c1ccccc1. The number of aromatic nitrogens is 5. The Balaban J connectivity index is 0.000000294. The highest BCUT2D eigenvalue weighted by Gasteiger charge is 2.18. The van der Waals surface area contributed by atoms with Gasteiger partial charge in [-0.25, -0.2) is 9.67 Å². The van der Waals surface area contributed by atoms with Gasteiger partial charge in [0.05, 0.1) is 22.8 Å². The normalized spacial score (nSPS) is 10.0. The molecule has 3 heterocycles. The number of nitrogen functional groups attached to an aromatic ring is 1. The number of amides is 1. The largest absolute Gasteiger partial charge is 0.381 e. The minimum atomic E-state index is -0.650. The lowest BCUT2D eigenvalue weighted by Gasteiger charge is -2.16. The van der Waals surface area contributed by atoms with Crippen LogP contribution in [0.4, 0.5) is 11.6 Å². The van der Waals surface area contributed by atoms with Crippen LogP contribution in [0.25, 0.3) is 16.5 Å². The Morgan fingerprint density at radius 3 is 2.25 bits per heavy atom. The Labute approximate surface area is 264 Å². The molecule has 0 radical (unpaired) electrons. The molecule has 10 nitrogen and oxygen atoms in total. The molecule has 0 bridgehead atoms. The average molecular weight is 656 g/mol. The number of aliphatic imine (C=N–C) groups is 1. The molecule has 0 saturated carbocycles. The highest BCUT2D eigenvalue weighted by Crippen LogP contribution is 2.29. The summed E-state index contributed by atoms with van der Waals surface area (Å²) in [6, 6.07) is 15.5. The van der Waals surface area contributed by atoms with Gasteiger partial charge in [0.1, 0.15) is 5.56 Å². The number of allylic oxidation sites excluding steroid dienone is 1. The maximum atomic E-state index is 13.6. The number of para-hydroxylation sites is 1. The van der Waals surface area contributed by atoms with Gasteiger partial charge in [0.15, 0.2) is 11.6 Å². The molecule has 11 heteroatoms. The second-order valence-corrected chi connectivity index (χ2v) is 10.3. The maximum Gasteiger partial charge on any atom is 0.264 e. The monoisotopic (exact) mass is 654 g/mol. The number of hydrogen-bond acceptors (Lipinski definition) is 6. The standard InChI is InChI=1S/C24H20BrN3O.C6H9N5O.C3H6/c1-4-21-23(25)20-12-8-9-17(13-14-18-15-26-27(3)16(18)2)22(20)24(29)28(21)19-10-6-5-7-11-19;1-9-6-3(5(8)12)4(7)10-11(6)2;1-3-2/h5-12,15H,4H2,1-3H3;1H2,2H3,(H2,7,10)(H2,8,12);3H,1H2,2H3. The molecule has 44 heavy (non-hydrogen) atoms. The number of fused-ring (bicyclic) bond motifs is 1. The molecule has 0 atom stereocenters. The first-order valence-corrected chi connectivity index (χ1v) is 14.4. The summed E-state index contributed by atoms with van der Waals surface area (Å²) in [5.41, 5.74) is 14.9. The third-order valence-electron chi connectivity index (χ3n) is 6.60. The molecular weight excluding hydrogens is 620 g/mol. The number of halogens is 1. The molecule has 0 unspecified atom stereocenters. The second-order valence-electron chi connectivity index (χ2n) is 9.47. The molecule has 5 aromatic rings. The van der Waals surface area contributed by atoms with Crippen LogP contribution in [0.2, 0.25) is 0 Å². The lowest BCUT2D eigenvalue weighted by atomic mass is 10.0. The van der Waals surface area contributed by atoms with E-state index in [4.69, 9.17) is 11.5 Å². The summed E-state index contributed by atoms with van der Waals surface area (Å²) >= 11 is 3.75. The zero-order chi connectivity index (χ0) is 32.6. The van der Waals surface area contributed by atoms with Gasteiger partial charge in [-0.3, -0.25) is 18.8 Å². The minimum absolute atomic E-state index is 0.0564. The lowest BCUT2D eigenvalue weighted by molar-refractivity contribution is 0.100. The van der Waals surface area contributed by atoms with E-state index in [1.807, 2.05) is 69.4 Å². The number of primary amides is 1. The summed E-state index contributed by atoms with van der Waals surface area (Å²) < 4.78 is 5.86. The van der Waals surface area contributed by atoms with Crippen molar-refractivity contribution in [2.45, 2.75) is 27.2 Å². The van der Waals surface area contributed by atoms with Gasteiger partial charge in [-0.05, 0) is 61.1 Å². The van der Waals surface area contributed by atoms with E-state index in [1.165, 1.54) is 4.68 Å². The number of nitrogens with two attached hydrogens (primary N) is 2. The first kappa shape index (κ1) is 33.3. The van der Waals surface area contributed by atoms with Crippen molar-refractivity contribution in [2.75, 3.05) is 5.73 Å². The molecule has 4 N–H and O–H groups in total. The number of anilines is 1. The third-order valence-corrected chi connectivity index (χ3v) is 7.48. The van der Waals surface area contributed by atoms with Crippen LogP contribution in [-0.2, 0) is 20.5 Å². The van der Waals surface area contributed by atoms with Crippen molar-refractivity contribution >= 4 is 51.0 Å². The molecule has 1 amide bonds. The van der Waals surface area contributed by atoms with Crippen LogP contribution in [0.3, 0.4) is 0 Å². The van der Waals surface area contributed by atoms with Crippen molar-refractivity contribution in [3.8, 4) is 17.5 Å². The van der Waals surface area contributed by atoms with E-state index in [9.17, 15) is 9.59 Å². The number of rotatable bonds is 4. The number of hydrogen-bond donors (Lipinski definition) is 2. The van der Waals surface area contributed by atoms with E-state index in [-0.39, 0.29) is 16.9 Å². The van der Waals surface area contributed by atoms with Crippen LogP contribution < -0.4 is 17.0 Å². The number of carbonyl (C=O) groups excluding carboxylic acids is 1. The number of pyridine rings is 1. The number of carbonyl (C=O) groups is 1. The van der Waals surface area contributed by atoms with Crippen molar-refractivity contribution in [1.82, 2.24) is 24.1 Å². The van der Waals surface area contributed by atoms with Gasteiger partial charge in [0.25, 0.3) is 11.5 Å². The van der Waals surface area contributed by atoms with E-state index >= 15 is 0 Å². The van der Waals surface area contributed by atoms with Crippen molar-refractivity contribution in [1.29, 1.82) is 0 Å². The van der Waals surface area contributed by atoms with Gasteiger partial charge in [-0.2, -0.15) is 10.2 Å².